The lowest BCUT2D eigenvalue weighted by molar-refractivity contribution is 0.469. The number of aliphatic imine (C=N–C) groups is 1. The van der Waals surface area contributed by atoms with Gasteiger partial charge in [-0.2, -0.15) is 0 Å². The smallest absolute Gasteiger partial charge is 0.191 e. The van der Waals surface area contributed by atoms with E-state index in [0.29, 0.717) is 6.42 Å². The number of aromatic hydroxyl groups is 1. The van der Waals surface area contributed by atoms with Crippen LogP contribution in [0.4, 0.5) is 5.69 Å². The number of nitrogens with two attached hydrogens (primary N) is 2. The minimum atomic E-state index is 0.0275. The SMILES string of the molecule is NC(N)=Nc1ccccc1Cc1ccccc1O. The Morgan fingerprint density at radius 1 is 0.944 bits per heavy atom. The third-order valence-corrected chi connectivity index (χ3v) is 2.61. The van der Waals surface area contributed by atoms with Gasteiger partial charge in [-0.3, -0.25) is 0 Å². The van der Waals surface area contributed by atoms with E-state index >= 15 is 0 Å². The van der Waals surface area contributed by atoms with E-state index in [1.54, 1.807) is 12.1 Å². The maximum atomic E-state index is 9.76. The van der Waals surface area contributed by atoms with Gasteiger partial charge in [0.05, 0.1) is 5.69 Å². The Bertz CT molecular complexity index is 575. The van der Waals surface area contributed by atoms with Gasteiger partial charge in [0.1, 0.15) is 5.75 Å². The predicted molar refractivity (Wildman–Crippen MR) is 72.8 cm³/mol. The summed E-state index contributed by atoms with van der Waals surface area (Å²) in [5.74, 6) is 0.303. The van der Waals surface area contributed by atoms with Crippen LogP contribution in [-0.4, -0.2) is 11.1 Å². The van der Waals surface area contributed by atoms with Crippen LogP contribution in [0.2, 0.25) is 0 Å². The van der Waals surface area contributed by atoms with Gasteiger partial charge in [0.2, 0.25) is 0 Å². The second-order valence-corrected chi connectivity index (χ2v) is 3.97. The van der Waals surface area contributed by atoms with Crippen LogP contribution >= 0.6 is 0 Å². The molecule has 2 aromatic rings. The van der Waals surface area contributed by atoms with E-state index < -0.39 is 0 Å². The van der Waals surface area contributed by atoms with Crippen molar-refractivity contribution in [1.29, 1.82) is 0 Å². The molecule has 4 nitrogen and oxygen atoms in total. The minimum absolute atomic E-state index is 0.0275. The zero-order valence-corrected chi connectivity index (χ0v) is 9.88. The summed E-state index contributed by atoms with van der Waals surface area (Å²) in [6.45, 7) is 0. The molecular formula is C14H15N3O. The summed E-state index contributed by atoms with van der Waals surface area (Å²) >= 11 is 0. The first-order valence-corrected chi connectivity index (χ1v) is 5.61. The fraction of sp³-hybridized carbons (Fsp3) is 0.0714. The Balaban J connectivity index is 2.35. The van der Waals surface area contributed by atoms with Crippen LogP contribution in [0.25, 0.3) is 0 Å². The Labute approximate surface area is 106 Å². The molecule has 4 heteroatoms. The quantitative estimate of drug-likeness (QED) is 0.566. The molecule has 0 aliphatic heterocycles. The first kappa shape index (κ1) is 12.0. The van der Waals surface area contributed by atoms with Crippen LogP contribution in [0, 0.1) is 0 Å². The summed E-state index contributed by atoms with van der Waals surface area (Å²) in [7, 11) is 0. The number of benzene rings is 2. The Morgan fingerprint density at radius 2 is 1.56 bits per heavy atom. The average Bonchev–Trinajstić information content (AvgIpc) is 2.34. The molecule has 0 radical (unpaired) electrons. The number of hydrogen-bond acceptors (Lipinski definition) is 2. The Morgan fingerprint density at radius 3 is 2.22 bits per heavy atom. The lowest BCUT2D eigenvalue weighted by atomic mass is 10.0. The van der Waals surface area contributed by atoms with E-state index in [2.05, 4.69) is 4.99 Å². The molecule has 0 aliphatic rings. The van der Waals surface area contributed by atoms with Gasteiger partial charge in [-0.25, -0.2) is 4.99 Å². The maximum Gasteiger partial charge on any atom is 0.191 e. The highest BCUT2D eigenvalue weighted by Crippen LogP contribution is 2.25. The van der Waals surface area contributed by atoms with E-state index in [0.717, 1.165) is 16.8 Å². The third kappa shape index (κ3) is 2.79. The molecule has 0 bridgehead atoms. The number of para-hydroxylation sites is 2. The molecule has 0 spiro atoms. The monoisotopic (exact) mass is 241 g/mol. The van der Waals surface area contributed by atoms with Crippen molar-refractivity contribution in [3.63, 3.8) is 0 Å². The number of hydrogen-bond donors (Lipinski definition) is 3. The fourth-order valence-corrected chi connectivity index (χ4v) is 1.77. The summed E-state index contributed by atoms with van der Waals surface area (Å²) < 4.78 is 0. The molecule has 18 heavy (non-hydrogen) atoms. The first-order chi connectivity index (χ1) is 8.66. The van der Waals surface area contributed by atoms with Crippen molar-refractivity contribution in [3.8, 4) is 5.75 Å². The lowest BCUT2D eigenvalue weighted by Crippen LogP contribution is -2.22. The van der Waals surface area contributed by atoms with Gasteiger partial charge < -0.3 is 16.6 Å². The molecule has 2 aromatic carbocycles. The highest BCUT2D eigenvalue weighted by Gasteiger charge is 2.05. The van der Waals surface area contributed by atoms with Crippen LogP contribution in [0.1, 0.15) is 11.1 Å². The van der Waals surface area contributed by atoms with Crippen molar-refractivity contribution < 1.29 is 5.11 Å². The van der Waals surface area contributed by atoms with E-state index in [4.69, 9.17) is 11.5 Å². The largest absolute Gasteiger partial charge is 0.508 e. The van der Waals surface area contributed by atoms with E-state index in [9.17, 15) is 5.11 Å². The van der Waals surface area contributed by atoms with Gasteiger partial charge in [-0.05, 0) is 23.3 Å². The van der Waals surface area contributed by atoms with E-state index in [1.807, 2.05) is 36.4 Å². The van der Waals surface area contributed by atoms with Gasteiger partial charge in [-0.15, -0.1) is 0 Å². The second-order valence-electron chi connectivity index (χ2n) is 3.97. The van der Waals surface area contributed by atoms with Crippen molar-refractivity contribution >= 4 is 11.6 Å². The zero-order valence-electron chi connectivity index (χ0n) is 9.88. The lowest BCUT2D eigenvalue weighted by Gasteiger charge is -2.07. The average molecular weight is 241 g/mol. The van der Waals surface area contributed by atoms with Crippen molar-refractivity contribution in [2.24, 2.45) is 16.5 Å². The fourth-order valence-electron chi connectivity index (χ4n) is 1.77. The van der Waals surface area contributed by atoms with Crippen molar-refractivity contribution in [2.75, 3.05) is 0 Å². The molecule has 92 valence electrons. The topological polar surface area (TPSA) is 84.6 Å². The molecule has 0 saturated carbocycles. The molecular weight excluding hydrogens is 226 g/mol. The summed E-state index contributed by atoms with van der Waals surface area (Å²) in [6.07, 6.45) is 0.583. The van der Waals surface area contributed by atoms with Crippen molar-refractivity contribution in [3.05, 3.63) is 59.7 Å². The van der Waals surface area contributed by atoms with Gasteiger partial charge in [0.15, 0.2) is 5.96 Å². The van der Waals surface area contributed by atoms with Gasteiger partial charge in [0.25, 0.3) is 0 Å². The number of phenols is 1. The summed E-state index contributed by atoms with van der Waals surface area (Å²) in [5, 5.41) is 9.76. The van der Waals surface area contributed by atoms with Gasteiger partial charge in [0, 0.05) is 6.42 Å². The van der Waals surface area contributed by atoms with Crippen LogP contribution in [0.15, 0.2) is 53.5 Å². The predicted octanol–water partition coefficient (Wildman–Crippen LogP) is 1.89. The van der Waals surface area contributed by atoms with Gasteiger partial charge >= 0.3 is 0 Å². The van der Waals surface area contributed by atoms with Crippen molar-refractivity contribution in [1.82, 2.24) is 0 Å². The van der Waals surface area contributed by atoms with Crippen LogP contribution in [0.3, 0.4) is 0 Å². The molecule has 0 amide bonds. The maximum absolute atomic E-state index is 9.76. The van der Waals surface area contributed by atoms with Crippen LogP contribution < -0.4 is 11.5 Å². The molecule has 0 aromatic heterocycles. The van der Waals surface area contributed by atoms with Crippen LogP contribution in [-0.2, 0) is 6.42 Å². The van der Waals surface area contributed by atoms with E-state index in [1.165, 1.54) is 0 Å². The number of nitrogens with zero attached hydrogens (tertiary/aromatic N) is 1. The molecule has 0 fully saturated rings. The second kappa shape index (κ2) is 5.23. The highest BCUT2D eigenvalue weighted by molar-refractivity contribution is 5.79. The molecule has 0 atom stereocenters. The third-order valence-electron chi connectivity index (χ3n) is 2.61. The van der Waals surface area contributed by atoms with Crippen LogP contribution in [0.5, 0.6) is 5.75 Å². The van der Waals surface area contributed by atoms with E-state index in [-0.39, 0.29) is 11.7 Å². The number of guanidine groups is 1. The molecule has 5 N–H and O–H groups in total. The van der Waals surface area contributed by atoms with Gasteiger partial charge in [-0.1, -0.05) is 36.4 Å². The standard InChI is InChI=1S/C14H15N3O/c15-14(16)17-12-7-3-1-5-10(12)9-11-6-2-4-8-13(11)18/h1-8,18H,9H2,(H4,15,16,17). The summed E-state index contributed by atoms with van der Waals surface area (Å²) in [6, 6.07) is 14.8. The Kier molecular flexibility index (Phi) is 3.48. The summed E-state index contributed by atoms with van der Waals surface area (Å²) in [5.41, 5.74) is 13.3. The molecule has 0 heterocycles. The summed E-state index contributed by atoms with van der Waals surface area (Å²) in [4.78, 5) is 4.08. The highest BCUT2D eigenvalue weighted by atomic mass is 16.3. The number of phenolic OH excluding ortho intramolecular Hbond substituents is 1. The molecule has 2 rings (SSSR count). The Hall–Kier alpha value is -2.49. The number of rotatable bonds is 3. The minimum Gasteiger partial charge on any atom is -0.508 e. The molecule has 0 saturated heterocycles. The molecule has 0 aliphatic carbocycles. The molecule has 0 unspecified atom stereocenters. The van der Waals surface area contributed by atoms with Crippen molar-refractivity contribution in [2.45, 2.75) is 6.42 Å². The first-order valence-electron chi connectivity index (χ1n) is 5.61. The zero-order chi connectivity index (χ0) is 13.0. The normalized spacial score (nSPS) is 10.0.